The summed E-state index contributed by atoms with van der Waals surface area (Å²) in [6.07, 6.45) is 0. The normalized spacial score (nSPS) is 12.6. The van der Waals surface area contributed by atoms with Crippen LogP contribution in [0.3, 0.4) is 0 Å². The first-order valence-electron chi connectivity index (χ1n) is 6.91. The van der Waals surface area contributed by atoms with Crippen LogP contribution in [0.4, 0.5) is 0 Å². The number of alkyl halides is 1. The van der Waals surface area contributed by atoms with Crippen LogP contribution in [-0.2, 0) is 0 Å². The Bertz CT molecular complexity index is 676. The van der Waals surface area contributed by atoms with Gasteiger partial charge in [-0.1, -0.05) is 17.7 Å². The molecule has 0 nitrogen and oxygen atoms in total. The molecule has 0 heterocycles. The molecule has 0 N–H and O–H groups in total. The Labute approximate surface area is 151 Å². The van der Waals surface area contributed by atoms with E-state index in [9.17, 15) is 0 Å². The molecule has 0 bridgehead atoms. The van der Waals surface area contributed by atoms with Gasteiger partial charge in [0.05, 0.1) is 10.4 Å². The minimum absolute atomic E-state index is 0.169. The number of hydrogen-bond acceptors (Lipinski definition) is 0. The number of rotatable bonds is 2. The van der Waals surface area contributed by atoms with Crippen molar-refractivity contribution >= 4 is 45.8 Å². The van der Waals surface area contributed by atoms with Crippen LogP contribution in [-0.4, -0.2) is 0 Å². The van der Waals surface area contributed by atoms with Crippen molar-refractivity contribution in [1.82, 2.24) is 0 Å². The first kappa shape index (κ1) is 17.1. The van der Waals surface area contributed by atoms with Gasteiger partial charge in [-0.3, -0.25) is 0 Å². The Morgan fingerprint density at radius 2 is 1.33 bits per heavy atom. The van der Waals surface area contributed by atoms with Crippen LogP contribution in [0.25, 0.3) is 0 Å². The van der Waals surface area contributed by atoms with Crippen LogP contribution in [0.1, 0.15) is 44.3 Å². The fourth-order valence-corrected chi connectivity index (χ4v) is 3.73. The van der Waals surface area contributed by atoms with Gasteiger partial charge in [0.1, 0.15) is 0 Å². The molecular weight excluding hydrogens is 414 g/mol. The lowest BCUT2D eigenvalue weighted by molar-refractivity contribution is 1.04. The second-order valence-electron chi connectivity index (χ2n) is 5.57. The zero-order valence-corrected chi connectivity index (χ0v) is 16.6. The maximum atomic E-state index is 6.80. The van der Waals surface area contributed by atoms with E-state index < -0.39 is 0 Å². The first-order valence-corrected chi connectivity index (χ1v) is 8.80. The topological polar surface area (TPSA) is 0 Å². The van der Waals surface area contributed by atoms with E-state index in [4.69, 9.17) is 23.2 Å². The van der Waals surface area contributed by atoms with Crippen molar-refractivity contribution in [3.63, 3.8) is 0 Å². The standard InChI is InChI=1S/C18H19Cl2I/c1-9-10(2)12(4)17(13(5)11(9)3)18(20)14-6-7-16(21)15(19)8-14/h6-8,18H,1-5H3. The van der Waals surface area contributed by atoms with Crippen molar-refractivity contribution in [3.05, 3.63) is 65.7 Å². The van der Waals surface area contributed by atoms with Crippen LogP contribution in [0.15, 0.2) is 18.2 Å². The molecule has 0 aromatic heterocycles. The molecule has 3 heteroatoms. The molecule has 0 saturated heterocycles. The molecule has 0 aliphatic heterocycles. The lowest BCUT2D eigenvalue weighted by Gasteiger charge is -2.22. The van der Waals surface area contributed by atoms with E-state index in [1.807, 2.05) is 12.1 Å². The lowest BCUT2D eigenvalue weighted by atomic mass is 9.86. The summed E-state index contributed by atoms with van der Waals surface area (Å²) in [5.74, 6) is 0. The van der Waals surface area contributed by atoms with E-state index in [-0.39, 0.29) is 5.38 Å². The van der Waals surface area contributed by atoms with E-state index in [1.165, 1.54) is 33.4 Å². The van der Waals surface area contributed by atoms with E-state index in [0.717, 1.165) is 14.2 Å². The average Bonchev–Trinajstić information content (AvgIpc) is 2.46. The van der Waals surface area contributed by atoms with Gasteiger partial charge < -0.3 is 0 Å². The van der Waals surface area contributed by atoms with E-state index >= 15 is 0 Å². The van der Waals surface area contributed by atoms with Gasteiger partial charge in [-0.25, -0.2) is 0 Å². The van der Waals surface area contributed by atoms with Gasteiger partial charge in [0, 0.05) is 3.57 Å². The molecule has 0 aliphatic carbocycles. The summed E-state index contributed by atoms with van der Waals surface area (Å²) in [6, 6.07) is 6.06. The Balaban J connectivity index is 2.63. The fourth-order valence-electron chi connectivity index (χ4n) is 2.75. The van der Waals surface area contributed by atoms with Crippen molar-refractivity contribution in [2.75, 3.05) is 0 Å². The van der Waals surface area contributed by atoms with Gasteiger partial charge in [-0.2, -0.15) is 0 Å². The van der Waals surface area contributed by atoms with Crippen molar-refractivity contribution in [2.45, 2.75) is 40.0 Å². The Morgan fingerprint density at radius 1 is 0.857 bits per heavy atom. The van der Waals surface area contributed by atoms with Crippen molar-refractivity contribution in [3.8, 4) is 0 Å². The molecule has 0 saturated carbocycles. The third kappa shape index (κ3) is 3.11. The van der Waals surface area contributed by atoms with Crippen LogP contribution >= 0.6 is 45.8 Å². The number of hydrogen-bond donors (Lipinski definition) is 0. The van der Waals surface area contributed by atoms with Crippen molar-refractivity contribution in [2.24, 2.45) is 0 Å². The molecule has 21 heavy (non-hydrogen) atoms. The van der Waals surface area contributed by atoms with E-state index in [0.29, 0.717) is 0 Å². The second kappa shape index (κ2) is 6.47. The minimum Gasteiger partial charge on any atom is -0.113 e. The highest BCUT2D eigenvalue weighted by Gasteiger charge is 2.20. The van der Waals surface area contributed by atoms with Gasteiger partial charge in [0.15, 0.2) is 0 Å². The average molecular weight is 433 g/mol. The van der Waals surface area contributed by atoms with Gasteiger partial charge in [-0.15, -0.1) is 11.6 Å². The third-order valence-electron chi connectivity index (χ3n) is 4.55. The summed E-state index contributed by atoms with van der Waals surface area (Å²) in [6.45, 7) is 10.8. The lowest BCUT2D eigenvalue weighted by Crippen LogP contribution is -2.06. The summed E-state index contributed by atoms with van der Waals surface area (Å²) in [5, 5.41) is 0.590. The van der Waals surface area contributed by atoms with Gasteiger partial charge in [-0.05, 0) is 108 Å². The second-order valence-corrected chi connectivity index (χ2v) is 7.58. The highest BCUT2D eigenvalue weighted by Crippen LogP contribution is 2.38. The molecule has 0 aliphatic rings. The molecule has 112 valence electrons. The molecule has 0 amide bonds. The molecular formula is C18H19Cl2I. The van der Waals surface area contributed by atoms with Gasteiger partial charge in [0.25, 0.3) is 0 Å². The predicted molar refractivity (Wildman–Crippen MR) is 102 cm³/mol. The molecule has 2 aromatic rings. The quantitative estimate of drug-likeness (QED) is 0.361. The van der Waals surface area contributed by atoms with Crippen LogP contribution in [0.2, 0.25) is 5.02 Å². The maximum absolute atomic E-state index is 6.80. The molecule has 0 spiro atoms. The van der Waals surface area contributed by atoms with Crippen molar-refractivity contribution in [1.29, 1.82) is 0 Å². The molecule has 2 rings (SSSR count). The Kier molecular flexibility index (Phi) is 5.27. The Hall–Kier alpha value is -0.250. The summed E-state index contributed by atoms with van der Waals surface area (Å²) in [7, 11) is 0. The Morgan fingerprint density at radius 3 is 1.81 bits per heavy atom. The smallest absolute Gasteiger partial charge is 0.0841 e. The summed E-state index contributed by atoms with van der Waals surface area (Å²) in [5.41, 5.74) is 8.85. The number of halogens is 3. The molecule has 1 unspecified atom stereocenters. The summed E-state index contributed by atoms with van der Waals surface area (Å²) >= 11 is 15.3. The molecule has 1 atom stereocenters. The molecule has 0 fully saturated rings. The van der Waals surface area contributed by atoms with E-state index in [2.05, 4.69) is 63.3 Å². The highest BCUT2D eigenvalue weighted by molar-refractivity contribution is 14.1. The van der Waals surface area contributed by atoms with E-state index in [1.54, 1.807) is 0 Å². The monoisotopic (exact) mass is 432 g/mol. The van der Waals surface area contributed by atoms with Gasteiger partial charge >= 0.3 is 0 Å². The zero-order valence-electron chi connectivity index (χ0n) is 12.9. The highest BCUT2D eigenvalue weighted by atomic mass is 127. The molecule has 0 radical (unpaired) electrons. The largest absolute Gasteiger partial charge is 0.113 e. The summed E-state index contributed by atoms with van der Waals surface area (Å²) < 4.78 is 1.05. The predicted octanol–water partition coefficient (Wildman–Crippen LogP) is 6.81. The minimum atomic E-state index is -0.169. The zero-order chi connectivity index (χ0) is 15.9. The van der Waals surface area contributed by atoms with Crippen LogP contribution in [0.5, 0.6) is 0 Å². The van der Waals surface area contributed by atoms with Crippen LogP contribution < -0.4 is 0 Å². The SMILES string of the molecule is Cc1c(C)c(C)c(C(Cl)c2ccc(I)c(Cl)c2)c(C)c1C. The van der Waals surface area contributed by atoms with Crippen molar-refractivity contribution < 1.29 is 0 Å². The summed E-state index contributed by atoms with van der Waals surface area (Å²) in [4.78, 5) is 0. The fraction of sp³-hybridized carbons (Fsp3) is 0.333. The number of benzene rings is 2. The van der Waals surface area contributed by atoms with Crippen LogP contribution in [0, 0.1) is 38.2 Å². The maximum Gasteiger partial charge on any atom is 0.0841 e. The first-order chi connectivity index (χ1) is 9.75. The third-order valence-corrected chi connectivity index (χ3v) is 6.59. The van der Waals surface area contributed by atoms with Gasteiger partial charge in [0.2, 0.25) is 0 Å². The molecule has 2 aromatic carbocycles.